The van der Waals surface area contributed by atoms with Gasteiger partial charge >= 0.3 is 6.43 Å². The second kappa shape index (κ2) is 9.89. The van der Waals surface area contributed by atoms with Gasteiger partial charge in [0.1, 0.15) is 15.7 Å². The Hall–Kier alpha value is -2.46. The number of alkyl halides is 2. The topological polar surface area (TPSA) is 115 Å². The van der Waals surface area contributed by atoms with Crippen LogP contribution in [0.15, 0.2) is 28.9 Å². The van der Waals surface area contributed by atoms with Crippen molar-refractivity contribution in [3.63, 3.8) is 0 Å². The van der Waals surface area contributed by atoms with Gasteiger partial charge in [0, 0.05) is 18.6 Å². The molecule has 35 heavy (non-hydrogen) atoms. The number of nitrogens with zero attached hydrogens (tertiary/aromatic N) is 6. The zero-order chi connectivity index (χ0) is 24.6. The number of fused-ring (bicyclic) bond motifs is 2. The number of thiazole rings is 1. The first-order valence-electron chi connectivity index (χ1n) is 10.8. The maximum atomic E-state index is 13.3. The molecule has 5 rings (SSSR count). The summed E-state index contributed by atoms with van der Waals surface area (Å²) in [6, 6.07) is 3.12. The molecular formula is C20H21F3N6O4S2. The average Bonchev–Trinajstić information content (AvgIpc) is 3.50. The van der Waals surface area contributed by atoms with Crippen molar-refractivity contribution in [2.24, 2.45) is 0 Å². The van der Waals surface area contributed by atoms with Gasteiger partial charge in [0.25, 0.3) is 11.8 Å². The number of rotatable bonds is 10. The van der Waals surface area contributed by atoms with Gasteiger partial charge < -0.3 is 9.15 Å². The minimum Gasteiger partial charge on any atom is -0.414 e. The summed E-state index contributed by atoms with van der Waals surface area (Å²) in [5.41, 5.74) is 0.374. The molecule has 2 aliphatic heterocycles. The summed E-state index contributed by atoms with van der Waals surface area (Å²) in [6.45, 7) is 1.41. The summed E-state index contributed by atoms with van der Waals surface area (Å²) >= 11 is 1.06. The number of pyridine rings is 1. The Labute approximate surface area is 202 Å². The lowest BCUT2D eigenvalue weighted by Crippen LogP contribution is -2.64. The van der Waals surface area contributed by atoms with Crippen molar-refractivity contribution in [2.45, 2.75) is 38.0 Å². The molecule has 2 unspecified atom stereocenters. The minimum absolute atomic E-state index is 0.0798. The summed E-state index contributed by atoms with van der Waals surface area (Å²) in [5, 5.41) is 7.29. The fourth-order valence-electron chi connectivity index (χ4n) is 4.12. The molecule has 0 amide bonds. The van der Waals surface area contributed by atoms with Crippen molar-refractivity contribution < 1.29 is 30.7 Å². The van der Waals surface area contributed by atoms with E-state index in [0.717, 1.165) is 24.0 Å². The Bertz CT molecular complexity index is 1260. The van der Waals surface area contributed by atoms with Crippen LogP contribution in [-0.4, -0.2) is 75.4 Å². The van der Waals surface area contributed by atoms with Crippen molar-refractivity contribution in [3.8, 4) is 10.8 Å². The summed E-state index contributed by atoms with van der Waals surface area (Å²) < 4.78 is 77.1. The van der Waals surface area contributed by atoms with Crippen LogP contribution in [0.1, 0.15) is 29.4 Å². The van der Waals surface area contributed by atoms with Crippen molar-refractivity contribution in [2.75, 3.05) is 25.5 Å². The van der Waals surface area contributed by atoms with Crippen LogP contribution in [0.4, 0.5) is 13.2 Å². The quantitative estimate of drug-likeness (QED) is 0.390. The SMILES string of the molecule is O=S(=O)(CCN1C2COCC1C2)N(Cc1ccc(F)cn1)Cc1ncc(-c2nnc(C(F)F)o2)s1. The predicted molar refractivity (Wildman–Crippen MR) is 117 cm³/mol. The van der Waals surface area contributed by atoms with Crippen LogP contribution in [0.2, 0.25) is 0 Å². The predicted octanol–water partition coefficient (Wildman–Crippen LogP) is 2.47. The molecule has 0 saturated carbocycles. The zero-order valence-corrected chi connectivity index (χ0v) is 19.9. The summed E-state index contributed by atoms with van der Waals surface area (Å²) in [4.78, 5) is 10.7. The molecule has 0 N–H and O–H groups in total. The molecule has 2 bridgehead atoms. The van der Waals surface area contributed by atoms with E-state index in [1.54, 1.807) is 0 Å². The Balaban J connectivity index is 1.33. The molecule has 3 aromatic rings. The first kappa shape index (κ1) is 24.2. The van der Waals surface area contributed by atoms with Gasteiger partial charge in [0.2, 0.25) is 10.0 Å². The number of halogens is 3. The second-order valence-electron chi connectivity index (χ2n) is 8.23. The largest absolute Gasteiger partial charge is 0.414 e. The lowest BCUT2D eigenvalue weighted by atomic mass is 9.92. The molecule has 2 fully saturated rings. The van der Waals surface area contributed by atoms with Crippen LogP contribution < -0.4 is 0 Å². The third-order valence-corrected chi connectivity index (χ3v) is 8.65. The van der Waals surface area contributed by atoms with E-state index in [9.17, 15) is 21.6 Å². The molecule has 10 nitrogen and oxygen atoms in total. The minimum atomic E-state index is -3.76. The molecule has 0 aliphatic carbocycles. The van der Waals surface area contributed by atoms with E-state index in [4.69, 9.17) is 9.15 Å². The molecule has 0 radical (unpaired) electrons. The van der Waals surface area contributed by atoms with E-state index in [1.807, 2.05) is 0 Å². The van der Waals surface area contributed by atoms with Crippen molar-refractivity contribution in [1.29, 1.82) is 0 Å². The first-order chi connectivity index (χ1) is 16.8. The Kier molecular flexibility index (Phi) is 6.85. The normalized spacial score (nSPS) is 20.5. The van der Waals surface area contributed by atoms with Crippen LogP contribution in [0.25, 0.3) is 10.8 Å². The van der Waals surface area contributed by atoms with E-state index in [-0.39, 0.29) is 36.8 Å². The average molecular weight is 531 g/mol. The lowest BCUT2D eigenvalue weighted by molar-refractivity contribution is -0.124. The Morgan fingerprint density at radius 1 is 1.14 bits per heavy atom. The maximum absolute atomic E-state index is 13.3. The smallest absolute Gasteiger partial charge is 0.314 e. The van der Waals surface area contributed by atoms with Crippen molar-refractivity contribution >= 4 is 21.4 Å². The highest BCUT2D eigenvalue weighted by molar-refractivity contribution is 7.89. The number of morpholine rings is 1. The van der Waals surface area contributed by atoms with Crippen molar-refractivity contribution in [3.05, 3.63) is 46.9 Å². The molecule has 2 saturated heterocycles. The second-order valence-corrected chi connectivity index (χ2v) is 11.4. The van der Waals surface area contributed by atoms with E-state index >= 15 is 0 Å². The molecular weight excluding hydrogens is 509 g/mol. The standard InChI is InChI=1S/C20H21F3N6O4S2/c21-12-1-2-13(24-6-12)8-28(35(30,31)4-3-29-14-5-15(29)11-32-10-14)9-17-25-7-16(34-17)19-26-27-20(33-19)18(22)23/h1-2,6-7,14-15,18H,3-5,8-11H2. The fraction of sp³-hybridized carbons (Fsp3) is 0.500. The summed E-state index contributed by atoms with van der Waals surface area (Å²) in [6.07, 6.45) is 0.503. The van der Waals surface area contributed by atoms with E-state index in [1.165, 1.54) is 22.6 Å². The molecule has 2 atom stereocenters. The highest BCUT2D eigenvalue weighted by Crippen LogP contribution is 2.31. The Morgan fingerprint density at radius 2 is 1.94 bits per heavy atom. The van der Waals surface area contributed by atoms with Gasteiger partial charge in [0.15, 0.2) is 0 Å². The molecule has 0 aromatic carbocycles. The molecule has 0 spiro atoms. The van der Waals surface area contributed by atoms with Crippen LogP contribution in [0.5, 0.6) is 0 Å². The summed E-state index contributed by atoms with van der Waals surface area (Å²) in [7, 11) is -3.76. The maximum Gasteiger partial charge on any atom is 0.314 e. The highest BCUT2D eigenvalue weighted by atomic mass is 32.2. The van der Waals surface area contributed by atoms with Gasteiger partial charge in [0.05, 0.1) is 50.1 Å². The number of aromatic nitrogens is 4. The van der Waals surface area contributed by atoms with Gasteiger partial charge in [-0.05, 0) is 18.6 Å². The highest BCUT2D eigenvalue weighted by Gasteiger charge is 2.42. The van der Waals surface area contributed by atoms with Crippen LogP contribution in [-0.2, 0) is 27.8 Å². The van der Waals surface area contributed by atoms with Gasteiger partial charge in [-0.15, -0.1) is 21.5 Å². The fourth-order valence-corrected chi connectivity index (χ4v) is 6.40. The van der Waals surface area contributed by atoms with Gasteiger partial charge in [-0.1, -0.05) is 0 Å². The van der Waals surface area contributed by atoms with E-state index in [2.05, 4.69) is 25.1 Å². The molecule has 15 heteroatoms. The first-order valence-corrected chi connectivity index (χ1v) is 13.2. The molecule has 3 aromatic heterocycles. The number of hydrogen-bond acceptors (Lipinski definition) is 10. The van der Waals surface area contributed by atoms with Crippen LogP contribution in [0.3, 0.4) is 0 Å². The number of sulfonamides is 1. The van der Waals surface area contributed by atoms with Gasteiger partial charge in [-0.3, -0.25) is 9.88 Å². The van der Waals surface area contributed by atoms with Gasteiger partial charge in [-0.25, -0.2) is 17.8 Å². The van der Waals surface area contributed by atoms with E-state index < -0.39 is 28.2 Å². The lowest BCUT2D eigenvalue weighted by Gasteiger charge is -2.52. The van der Waals surface area contributed by atoms with Crippen LogP contribution in [0, 0.1) is 5.82 Å². The van der Waals surface area contributed by atoms with Crippen molar-refractivity contribution in [1.82, 2.24) is 29.4 Å². The number of hydrogen-bond donors (Lipinski definition) is 0. The molecule has 2 aliphatic rings. The third kappa shape index (κ3) is 5.38. The van der Waals surface area contributed by atoms with E-state index in [0.29, 0.717) is 35.3 Å². The molecule has 188 valence electrons. The monoisotopic (exact) mass is 530 g/mol. The third-order valence-electron chi connectivity index (χ3n) is 5.93. The van der Waals surface area contributed by atoms with Gasteiger partial charge in [-0.2, -0.15) is 13.1 Å². The zero-order valence-electron chi connectivity index (χ0n) is 18.3. The van der Waals surface area contributed by atoms with Crippen LogP contribution >= 0.6 is 11.3 Å². The molecule has 5 heterocycles. The number of ether oxygens (including phenoxy) is 1. The summed E-state index contributed by atoms with van der Waals surface area (Å²) in [5.74, 6) is -1.56. The Morgan fingerprint density at radius 3 is 2.60 bits per heavy atom.